The second-order valence-corrected chi connectivity index (χ2v) is 7.05. The van der Waals surface area contributed by atoms with Gasteiger partial charge in [-0.05, 0) is 44.9 Å². The molecule has 10 heteroatoms. The van der Waals surface area contributed by atoms with Gasteiger partial charge in [0, 0.05) is 25.7 Å². The summed E-state index contributed by atoms with van der Waals surface area (Å²) in [5.41, 5.74) is 26.1. The Morgan fingerprint density at radius 3 is 2.07 bits per heavy atom. The van der Waals surface area contributed by atoms with Gasteiger partial charge in [0.15, 0.2) is 0 Å². The first-order chi connectivity index (χ1) is 13.5. The number of unbranched alkanes of at least 4 members (excludes halogenated alkanes) is 3. The molecule has 0 fully saturated rings. The fraction of sp³-hybridized carbons (Fsp3) is 0.889. The highest BCUT2D eigenvalue weighted by atomic mass is 16.6. The Morgan fingerprint density at radius 2 is 1.46 bits per heavy atom. The highest BCUT2D eigenvalue weighted by Crippen LogP contribution is 2.00. The van der Waals surface area contributed by atoms with Crippen LogP contribution in [0.3, 0.4) is 0 Å². The van der Waals surface area contributed by atoms with Crippen LogP contribution in [0, 0.1) is 0 Å². The Kier molecular flexibility index (Phi) is 18.4. The molecule has 3 atom stereocenters. The van der Waals surface area contributed by atoms with Crippen molar-refractivity contribution >= 4 is 12.3 Å². The van der Waals surface area contributed by atoms with Gasteiger partial charge in [0.1, 0.15) is 12.3 Å². The Bertz CT molecular complexity index is 389. The van der Waals surface area contributed by atoms with E-state index in [1.807, 2.05) is 0 Å². The van der Waals surface area contributed by atoms with Gasteiger partial charge in [-0.1, -0.05) is 12.8 Å². The normalized spacial score (nSPS) is 14.5. The van der Waals surface area contributed by atoms with E-state index in [2.05, 4.69) is 16.3 Å². The van der Waals surface area contributed by atoms with Crippen molar-refractivity contribution in [1.29, 1.82) is 0 Å². The van der Waals surface area contributed by atoms with Gasteiger partial charge in [-0.3, -0.25) is 15.6 Å². The van der Waals surface area contributed by atoms with Crippen molar-refractivity contribution in [3.63, 3.8) is 0 Å². The summed E-state index contributed by atoms with van der Waals surface area (Å²) in [4.78, 5) is 26.3. The molecular formula is C18H40N6O4. The molecule has 166 valence electrons. The first-order valence-corrected chi connectivity index (χ1v) is 10.2. The number of carbonyl (C=O) groups is 2. The molecule has 0 aliphatic rings. The molecule has 0 amide bonds. The first-order valence-electron chi connectivity index (χ1n) is 10.2. The van der Waals surface area contributed by atoms with Crippen molar-refractivity contribution in [2.45, 2.75) is 75.9 Å². The van der Waals surface area contributed by atoms with Crippen LogP contribution < -0.4 is 33.5 Å². The molecule has 0 aromatic heterocycles. The van der Waals surface area contributed by atoms with Crippen LogP contribution >= 0.6 is 0 Å². The van der Waals surface area contributed by atoms with E-state index in [1.165, 1.54) is 0 Å². The Hall–Kier alpha value is -1.14. The highest BCUT2D eigenvalue weighted by molar-refractivity contribution is 5.72. The number of hydrogen-bond acceptors (Lipinski definition) is 9. The van der Waals surface area contributed by atoms with Crippen molar-refractivity contribution < 1.29 is 19.5 Å². The minimum Gasteiger partial charge on any atom is -0.480 e. The molecule has 0 saturated heterocycles. The van der Waals surface area contributed by atoms with Crippen molar-refractivity contribution in [3.8, 4) is 0 Å². The lowest BCUT2D eigenvalue weighted by Gasteiger charge is -2.13. The number of hydrogen-bond donors (Lipinski definition) is 7. The summed E-state index contributed by atoms with van der Waals surface area (Å²) in [6.45, 7) is 2.82. The summed E-state index contributed by atoms with van der Waals surface area (Å²) in [5, 5.41) is 8.67. The summed E-state index contributed by atoms with van der Waals surface area (Å²) in [7, 11) is 0. The van der Waals surface area contributed by atoms with E-state index in [9.17, 15) is 9.59 Å². The molecule has 0 bridgehead atoms. The van der Waals surface area contributed by atoms with Gasteiger partial charge in [-0.25, -0.2) is 5.48 Å². The van der Waals surface area contributed by atoms with Gasteiger partial charge < -0.3 is 31.9 Å². The molecule has 0 rings (SSSR count). The van der Waals surface area contributed by atoms with E-state index in [4.69, 9.17) is 27.1 Å². The standard InChI is InChI=1S/C18H40N6O4/c19-15(13-25)7-1-4-10-22-23-11-5-2-8-16(20)14-28-24-12-6-3-9-17(21)18(26)27/h13,15-17,22-24H,1-12,14,19-21H2,(H,26,27). The van der Waals surface area contributed by atoms with E-state index < -0.39 is 12.0 Å². The fourth-order valence-corrected chi connectivity index (χ4v) is 2.46. The molecule has 0 radical (unpaired) electrons. The fourth-order valence-electron chi connectivity index (χ4n) is 2.46. The van der Waals surface area contributed by atoms with E-state index in [0.29, 0.717) is 19.6 Å². The third-order valence-corrected chi connectivity index (χ3v) is 4.28. The summed E-state index contributed by atoms with van der Waals surface area (Å²) >= 11 is 0. The predicted octanol–water partition coefficient (Wildman–Crippen LogP) is -0.622. The zero-order valence-electron chi connectivity index (χ0n) is 16.9. The van der Waals surface area contributed by atoms with Crippen molar-refractivity contribution in [2.75, 3.05) is 26.2 Å². The second kappa shape index (κ2) is 19.2. The van der Waals surface area contributed by atoms with E-state index in [0.717, 1.165) is 70.7 Å². The largest absolute Gasteiger partial charge is 0.480 e. The zero-order valence-corrected chi connectivity index (χ0v) is 16.9. The number of rotatable bonds is 21. The molecule has 0 aromatic rings. The maximum absolute atomic E-state index is 10.6. The molecule has 0 aromatic carbocycles. The Morgan fingerprint density at radius 1 is 0.893 bits per heavy atom. The molecular weight excluding hydrogens is 364 g/mol. The smallest absolute Gasteiger partial charge is 0.320 e. The highest BCUT2D eigenvalue weighted by Gasteiger charge is 2.09. The maximum Gasteiger partial charge on any atom is 0.320 e. The minimum absolute atomic E-state index is 0.0112. The number of carboxylic acid groups (broad SMARTS) is 1. The number of nitrogens with one attached hydrogen (secondary N) is 3. The predicted molar refractivity (Wildman–Crippen MR) is 109 cm³/mol. The van der Waals surface area contributed by atoms with Crippen molar-refractivity contribution in [3.05, 3.63) is 0 Å². The van der Waals surface area contributed by atoms with E-state index in [-0.39, 0.29) is 12.1 Å². The van der Waals surface area contributed by atoms with Crippen LogP contribution in [0.5, 0.6) is 0 Å². The second-order valence-electron chi connectivity index (χ2n) is 7.05. The van der Waals surface area contributed by atoms with Crippen molar-refractivity contribution in [2.24, 2.45) is 17.2 Å². The van der Waals surface area contributed by atoms with Gasteiger partial charge >= 0.3 is 5.97 Å². The van der Waals surface area contributed by atoms with Crippen LogP contribution in [0.2, 0.25) is 0 Å². The number of carboxylic acids is 1. The number of aliphatic carboxylic acids is 1. The van der Waals surface area contributed by atoms with Crippen LogP contribution in [-0.4, -0.2) is 61.7 Å². The number of hydrazine groups is 1. The van der Waals surface area contributed by atoms with Crippen LogP contribution in [0.1, 0.15) is 57.8 Å². The van der Waals surface area contributed by atoms with Crippen LogP contribution in [-0.2, 0) is 14.4 Å². The molecule has 3 unspecified atom stereocenters. The van der Waals surface area contributed by atoms with Gasteiger partial charge in [0.2, 0.25) is 0 Å². The van der Waals surface area contributed by atoms with Gasteiger partial charge in [0.25, 0.3) is 0 Å². The zero-order chi connectivity index (χ0) is 21.0. The van der Waals surface area contributed by atoms with Gasteiger partial charge in [0.05, 0.1) is 12.6 Å². The minimum atomic E-state index is -0.961. The summed E-state index contributed by atoms with van der Waals surface area (Å²) in [6.07, 6.45) is 8.38. The number of nitrogens with two attached hydrogens (primary N) is 3. The molecule has 0 aliphatic carbocycles. The van der Waals surface area contributed by atoms with Gasteiger partial charge in [-0.15, -0.1) is 0 Å². The summed E-state index contributed by atoms with van der Waals surface area (Å²) in [5.74, 6) is -0.961. The summed E-state index contributed by atoms with van der Waals surface area (Å²) in [6, 6.07) is -1.13. The molecule has 10 nitrogen and oxygen atoms in total. The summed E-state index contributed by atoms with van der Waals surface area (Å²) < 4.78 is 0. The van der Waals surface area contributed by atoms with Crippen LogP contribution in [0.4, 0.5) is 0 Å². The number of aldehydes is 1. The molecule has 0 aliphatic heterocycles. The topological polar surface area (TPSA) is 178 Å². The Balaban J connectivity index is 3.26. The van der Waals surface area contributed by atoms with Crippen LogP contribution in [0.15, 0.2) is 0 Å². The molecule has 0 saturated carbocycles. The van der Waals surface area contributed by atoms with Crippen LogP contribution in [0.25, 0.3) is 0 Å². The molecule has 0 heterocycles. The quantitative estimate of drug-likeness (QED) is 0.0740. The first kappa shape index (κ1) is 26.9. The monoisotopic (exact) mass is 404 g/mol. The Labute approximate surface area is 168 Å². The third kappa shape index (κ3) is 18.2. The average molecular weight is 405 g/mol. The lowest BCUT2D eigenvalue weighted by Crippen LogP contribution is -2.34. The lowest BCUT2D eigenvalue weighted by molar-refractivity contribution is -0.138. The van der Waals surface area contributed by atoms with Gasteiger partial charge in [-0.2, -0.15) is 0 Å². The third-order valence-electron chi connectivity index (χ3n) is 4.28. The maximum atomic E-state index is 10.6. The van der Waals surface area contributed by atoms with E-state index in [1.54, 1.807) is 0 Å². The lowest BCUT2D eigenvalue weighted by atomic mass is 10.1. The number of carbonyl (C=O) groups excluding carboxylic acids is 1. The van der Waals surface area contributed by atoms with E-state index >= 15 is 0 Å². The average Bonchev–Trinajstić information content (AvgIpc) is 2.67. The van der Waals surface area contributed by atoms with Crippen molar-refractivity contribution in [1.82, 2.24) is 16.3 Å². The molecule has 28 heavy (non-hydrogen) atoms. The molecule has 0 spiro atoms. The number of hydroxylamine groups is 1. The SMILES string of the molecule is NC(C=O)CCCCNNCCCCC(N)CONCCCCC(N)C(=O)O. The molecule has 10 N–H and O–H groups in total.